The molecule has 0 radical (unpaired) electrons. The number of nitrogen functional groups attached to an aromatic ring is 1. The molecule has 0 fully saturated rings. The minimum absolute atomic E-state index is 0.400. The van der Waals surface area contributed by atoms with Crippen LogP contribution < -0.4 is 11.3 Å². The summed E-state index contributed by atoms with van der Waals surface area (Å²) in [5.41, 5.74) is 11.7. The number of carbonyl (C=O) groups excluding carboxylic acids is 1. The molecule has 1 aromatic rings. The lowest BCUT2D eigenvalue weighted by Gasteiger charge is -2.05. The standard InChI is InChI=1S/C8H9N5O/c1-5-6(8(14)11-9)3-2-4-7(5)12-13-10/h2-4H,9H2,1H3,(H,11,14). The highest BCUT2D eigenvalue weighted by molar-refractivity contribution is 5.96. The summed E-state index contributed by atoms with van der Waals surface area (Å²) in [7, 11) is 0. The first-order valence-corrected chi connectivity index (χ1v) is 3.86. The maximum atomic E-state index is 11.2. The minimum Gasteiger partial charge on any atom is -0.290 e. The van der Waals surface area contributed by atoms with Crippen LogP contribution in [-0.2, 0) is 0 Å². The number of carbonyl (C=O) groups is 1. The first-order chi connectivity index (χ1) is 6.70. The third-order valence-electron chi connectivity index (χ3n) is 1.83. The number of azide groups is 1. The Balaban J connectivity index is 3.26. The van der Waals surface area contributed by atoms with Crippen LogP contribution in [0.1, 0.15) is 15.9 Å². The van der Waals surface area contributed by atoms with Gasteiger partial charge in [0, 0.05) is 16.2 Å². The van der Waals surface area contributed by atoms with Gasteiger partial charge in [-0.25, -0.2) is 5.84 Å². The van der Waals surface area contributed by atoms with Gasteiger partial charge in [-0.2, -0.15) is 0 Å². The van der Waals surface area contributed by atoms with Gasteiger partial charge in [0.2, 0.25) is 0 Å². The Bertz CT molecular complexity index is 408. The average molecular weight is 191 g/mol. The fourth-order valence-corrected chi connectivity index (χ4v) is 1.10. The highest BCUT2D eigenvalue weighted by atomic mass is 16.2. The van der Waals surface area contributed by atoms with E-state index in [0.29, 0.717) is 16.8 Å². The zero-order valence-electron chi connectivity index (χ0n) is 7.56. The Morgan fingerprint density at radius 2 is 2.36 bits per heavy atom. The van der Waals surface area contributed by atoms with Crippen LogP contribution in [0, 0.1) is 6.92 Å². The summed E-state index contributed by atoms with van der Waals surface area (Å²) < 4.78 is 0. The van der Waals surface area contributed by atoms with Crippen molar-refractivity contribution in [2.24, 2.45) is 11.0 Å². The smallest absolute Gasteiger partial charge is 0.265 e. The maximum absolute atomic E-state index is 11.2. The topological polar surface area (TPSA) is 104 Å². The summed E-state index contributed by atoms with van der Waals surface area (Å²) in [5, 5.41) is 3.44. The number of hydrogen-bond acceptors (Lipinski definition) is 3. The molecule has 1 rings (SSSR count). The molecule has 72 valence electrons. The van der Waals surface area contributed by atoms with Crippen LogP contribution in [0.15, 0.2) is 23.3 Å². The molecule has 0 saturated heterocycles. The van der Waals surface area contributed by atoms with Crippen molar-refractivity contribution in [3.8, 4) is 0 Å². The normalized spacial score (nSPS) is 9.00. The predicted molar refractivity (Wildman–Crippen MR) is 51.6 cm³/mol. The number of nitrogens with zero attached hydrogens (tertiary/aromatic N) is 3. The Morgan fingerprint density at radius 3 is 2.93 bits per heavy atom. The highest BCUT2D eigenvalue weighted by Crippen LogP contribution is 2.21. The maximum Gasteiger partial charge on any atom is 0.265 e. The summed E-state index contributed by atoms with van der Waals surface area (Å²) in [6, 6.07) is 4.86. The molecule has 0 aliphatic heterocycles. The largest absolute Gasteiger partial charge is 0.290 e. The SMILES string of the molecule is Cc1c(N=[N+]=[N-])cccc1C(=O)NN. The fourth-order valence-electron chi connectivity index (χ4n) is 1.10. The van der Waals surface area contributed by atoms with E-state index in [-0.39, 0.29) is 0 Å². The second-order valence-corrected chi connectivity index (χ2v) is 2.61. The summed E-state index contributed by atoms with van der Waals surface area (Å²) in [5.74, 6) is 4.59. The monoisotopic (exact) mass is 191 g/mol. The first kappa shape index (κ1) is 10.0. The zero-order chi connectivity index (χ0) is 10.6. The zero-order valence-corrected chi connectivity index (χ0v) is 7.56. The summed E-state index contributed by atoms with van der Waals surface area (Å²) in [6.07, 6.45) is 0. The number of amides is 1. The number of hydrazine groups is 1. The van der Waals surface area contributed by atoms with E-state index in [1.54, 1.807) is 25.1 Å². The molecule has 0 bridgehead atoms. The van der Waals surface area contributed by atoms with E-state index in [1.165, 1.54) is 0 Å². The predicted octanol–water partition coefficient (Wildman–Crippen LogP) is 1.54. The van der Waals surface area contributed by atoms with Gasteiger partial charge in [-0.3, -0.25) is 10.2 Å². The highest BCUT2D eigenvalue weighted by Gasteiger charge is 2.08. The molecular formula is C8H9N5O. The molecule has 0 unspecified atom stereocenters. The molecule has 1 aromatic carbocycles. The molecule has 0 aliphatic carbocycles. The van der Waals surface area contributed by atoms with Crippen molar-refractivity contribution in [1.82, 2.24) is 5.43 Å². The molecule has 0 saturated carbocycles. The van der Waals surface area contributed by atoms with E-state index in [1.807, 2.05) is 5.43 Å². The molecule has 6 nitrogen and oxygen atoms in total. The van der Waals surface area contributed by atoms with E-state index in [9.17, 15) is 4.79 Å². The molecular weight excluding hydrogens is 182 g/mol. The van der Waals surface area contributed by atoms with Gasteiger partial charge >= 0.3 is 0 Å². The first-order valence-electron chi connectivity index (χ1n) is 3.86. The number of hydrogen-bond donors (Lipinski definition) is 2. The summed E-state index contributed by atoms with van der Waals surface area (Å²) >= 11 is 0. The molecule has 0 atom stereocenters. The number of rotatable bonds is 2. The van der Waals surface area contributed by atoms with Crippen LogP contribution in [0.25, 0.3) is 10.4 Å². The Hall–Kier alpha value is -2.04. The van der Waals surface area contributed by atoms with Crippen LogP contribution in [-0.4, -0.2) is 5.91 Å². The third-order valence-corrected chi connectivity index (χ3v) is 1.83. The molecule has 0 heterocycles. The molecule has 6 heteroatoms. The van der Waals surface area contributed by atoms with E-state index in [4.69, 9.17) is 11.4 Å². The van der Waals surface area contributed by atoms with Crippen molar-refractivity contribution in [2.45, 2.75) is 6.92 Å². The van der Waals surface area contributed by atoms with Crippen molar-refractivity contribution in [3.63, 3.8) is 0 Å². The van der Waals surface area contributed by atoms with E-state index >= 15 is 0 Å². The second-order valence-electron chi connectivity index (χ2n) is 2.61. The second kappa shape index (κ2) is 4.27. The van der Waals surface area contributed by atoms with Crippen LogP contribution in [0.2, 0.25) is 0 Å². The Morgan fingerprint density at radius 1 is 1.64 bits per heavy atom. The molecule has 1 amide bonds. The van der Waals surface area contributed by atoms with Crippen molar-refractivity contribution in [1.29, 1.82) is 0 Å². The molecule has 3 N–H and O–H groups in total. The van der Waals surface area contributed by atoms with E-state index in [2.05, 4.69) is 10.0 Å². The van der Waals surface area contributed by atoms with Crippen molar-refractivity contribution in [3.05, 3.63) is 39.8 Å². The van der Waals surface area contributed by atoms with Gasteiger partial charge in [0.1, 0.15) is 0 Å². The minimum atomic E-state index is -0.405. The average Bonchev–Trinajstić information content (AvgIpc) is 2.20. The van der Waals surface area contributed by atoms with Crippen LogP contribution in [0.4, 0.5) is 5.69 Å². The number of nitrogens with one attached hydrogen (secondary N) is 1. The van der Waals surface area contributed by atoms with Gasteiger partial charge in [-0.1, -0.05) is 17.2 Å². The lowest BCUT2D eigenvalue weighted by atomic mass is 10.1. The lowest BCUT2D eigenvalue weighted by Crippen LogP contribution is -2.30. The van der Waals surface area contributed by atoms with Gasteiger partial charge in [-0.15, -0.1) is 0 Å². The van der Waals surface area contributed by atoms with Crippen molar-refractivity contribution < 1.29 is 4.79 Å². The summed E-state index contributed by atoms with van der Waals surface area (Å²) in [4.78, 5) is 13.9. The third kappa shape index (κ3) is 1.82. The number of nitrogens with two attached hydrogens (primary N) is 1. The molecule has 0 aliphatic rings. The van der Waals surface area contributed by atoms with Gasteiger partial charge in [-0.05, 0) is 24.1 Å². The van der Waals surface area contributed by atoms with Crippen molar-refractivity contribution in [2.75, 3.05) is 0 Å². The lowest BCUT2D eigenvalue weighted by molar-refractivity contribution is 0.0953. The molecule has 0 spiro atoms. The summed E-state index contributed by atoms with van der Waals surface area (Å²) in [6.45, 7) is 1.69. The van der Waals surface area contributed by atoms with Crippen LogP contribution in [0.5, 0.6) is 0 Å². The molecule has 14 heavy (non-hydrogen) atoms. The molecule has 0 aromatic heterocycles. The van der Waals surface area contributed by atoms with E-state index in [0.717, 1.165) is 0 Å². The fraction of sp³-hybridized carbons (Fsp3) is 0.125. The van der Waals surface area contributed by atoms with Gasteiger partial charge in [0.05, 0.1) is 0 Å². The number of benzene rings is 1. The van der Waals surface area contributed by atoms with Crippen molar-refractivity contribution >= 4 is 11.6 Å². The van der Waals surface area contributed by atoms with Gasteiger partial charge in [0.25, 0.3) is 5.91 Å². The Labute approximate surface area is 80.3 Å². The van der Waals surface area contributed by atoms with Gasteiger partial charge in [0.15, 0.2) is 0 Å². The van der Waals surface area contributed by atoms with E-state index < -0.39 is 5.91 Å². The van der Waals surface area contributed by atoms with Gasteiger partial charge < -0.3 is 0 Å². The quantitative estimate of drug-likeness (QED) is 0.185. The van der Waals surface area contributed by atoms with Crippen LogP contribution >= 0.6 is 0 Å². The van der Waals surface area contributed by atoms with Crippen LogP contribution in [0.3, 0.4) is 0 Å². The Kier molecular flexibility index (Phi) is 3.06.